The minimum absolute atomic E-state index is 0.00902. The summed E-state index contributed by atoms with van der Waals surface area (Å²) in [4.78, 5) is 21.8. The van der Waals surface area contributed by atoms with Crippen LogP contribution >= 0.6 is 0 Å². The second kappa shape index (κ2) is 5.28. The number of hydrogen-bond donors (Lipinski definition) is 4. The van der Waals surface area contributed by atoms with Gasteiger partial charge in [-0.1, -0.05) is 13.3 Å². The topological polar surface area (TPSA) is 124 Å². The van der Waals surface area contributed by atoms with E-state index in [0.29, 0.717) is 6.42 Å². The van der Waals surface area contributed by atoms with E-state index in [1.165, 1.54) is 6.92 Å². The highest BCUT2D eigenvalue weighted by molar-refractivity contribution is 5.90. The van der Waals surface area contributed by atoms with E-state index >= 15 is 0 Å². The summed E-state index contributed by atoms with van der Waals surface area (Å²) in [6, 6.07) is 0. The van der Waals surface area contributed by atoms with Crippen molar-refractivity contribution < 1.29 is 34.8 Å². The van der Waals surface area contributed by atoms with Gasteiger partial charge in [-0.05, 0) is 6.92 Å². The molecule has 0 amide bonds. The normalized spacial score (nSPS) is 30.7. The zero-order valence-corrected chi connectivity index (χ0v) is 10.8. The minimum atomic E-state index is -2.28. The predicted octanol–water partition coefficient (Wildman–Crippen LogP) is 0.460. The van der Waals surface area contributed by atoms with E-state index in [1.807, 2.05) is 0 Å². The van der Waals surface area contributed by atoms with Gasteiger partial charge in [0.05, 0.1) is 12.0 Å². The number of carboxylic acid groups (broad SMARTS) is 2. The van der Waals surface area contributed by atoms with Crippen LogP contribution in [0.3, 0.4) is 0 Å². The molecule has 0 aliphatic carbocycles. The van der Waals surface area contributed by atoms with Gasteiger partial charge in [-0.3, -0.25) is 4.79 Å². The summed E-state index contributed by atoms with van der Waals surface area (Å²) < 4.78 is 5.11. The van der Waals surface area contributed by atoms with Crippen molar-refractivity contribution in [1.29, 1.82) is 0 Å². The molecule has 7 nitrogen and oxygen atoms in total. The highest BCUT2D eigenvalue weighted by atomic mass is 16.7. The Morgan fingerprint density at radius 2 is 1.74 bits per heavy atom. The molecule has 0 fully saturated rings. The molecular formula is C12H18O7. The first-order valence-electron chi connectivity index (χ1n) is 5.98. The summed E-state index contributed by atoms with van der Waals surface area (Å²) in [5.41, 5.74) is -0.473. The Kier molecular flexibility index (Phi) is 4.34. The molecule has 0 aromatic carbocycles. The van der Waals surface area contributed by atoms with Crippen LogP contribution < -0.4 is 0 Å². The zero-order chi connectivity index (χ0) is 14.8. The van der Waals surface area contributed by atoms with E-state index in [0.717, 1.165) is 0 Å². The molecule has 0 aromatic heterocycles. The van der Waals surface area contributed by atoms with Gasteiger partial charge < -0.3 is 25.2 Å². The van der Waals surface area contributed by atoms with Gasteiger partial charge >= 0.3 is 11.9 Å². The van der Waals surface area contributed by atoms with Gasteiger partial charge in [0.1, 0.15) is 0 Å². The molecule has 1 rings (SSSR count). The molecule has 1 heterocycles. The van der Waals surface area contributed by atoms with Crippen molar-refractivity contribution in [2.75, 3.05) is 0 Å². The van der Waals surface area contributed by atoms with Gasteiger partial charge in [0.2, 0.25) is 5.79 Å². The number of rotatable bonds is 6. The van der Waals surface area contributed by atoms with Crippen molar-refractivity contribution in [2.24, 2.45) is 0 Å². The van der Waals surface area contributed by atoms with Crippen molar-refractivity contribution in [3.05, 3.63) is 11.1 Å². The van der Waals surface area contributed by atoms with E-state index in [2.05, 4.69) is 0 Å². The molecule has 0 bridgehead atoms. The van der Waals surface area contributed by atoms with Crippen molar-refractivity contribution in [2.45, 2.75) is 51.1 Å². The van der Waals surface area contributed by atoms with E-state index in [1.54, 1.807) is 6.92 Å². The van der Waals surface area contributed by atoms with Crippen LogP contribution in [0.25, 0.3) is 0 Å². The summed E-state index contributed by atoms with van der Waals surface area (Å²) in [6.45, 7) is 3.13. The Bertz CT molecular complexity index is 428. The summed E-state index contributed by atoms with van der Waals surface area (Å²) >= 11 is 0. The number of aliphatic carboxylic acids is 2. The number of ether oxygens (including phenoxy) is 1. The molecular weight excluding hydrogens is 256 g/mol. The molecule has 108 valence electrons. The Morgan fingerprint density at radius 1 is 1.16 bits per heavy atom. The average Bonchev–Trinajstić information content (AvgIpc) is 2.45. The summed E-state index contributed by atoms with van der Waals surface area (Å²) in [5.74, 6) is -6.77. The van der Waals surface area contributed by atoms with E-state index < -0.39 is 41.9 Å². The van der Waals surface area contributed by atoms with Crippen LogP contribution in [0.2, 0.25) is 0 Å². The van der Waals surface area contributed by atoms with Gasteiger partial charge in [-0.25, -0.2) is 4.79 Å². The molecule has 2 unspecified atom stereocenters. The maximum Gasteiger partial charge on any atom is 0.337 e. The van der Waals surface area contributed by atoms with E-state index in [9.17, 15) is 19.8 Å². The van der Waals surface area contributed by atoms with Crippen LogP contribution in [0, 0.1) is 0 Å². The Hall–Kier alpha value is -1.44. The second-order valence-corrected chi connectivity index (χ2v) is 4.62. The molecule has 2 atom stereocenters. The third-order valence-corrected chi connectivity index (χ3v) is 3.17. The van der Waals surface area contributed by atoms with Crippen molar-refractivity contribution in [3.63, 3.8) is 0 Å². The lowest BCUT2D eigenvalue weighted by molar-refractivity contribution is -0.286. The molecule has 19 heavy (non-hydrogen) atoms. The van der Waals surface area contributed by atoms with Crippen molar-refractivity contribution >= 4 is 11.9 Å². The molecule has 7 heteroatoms. The molecule has 4 N–H and O–H groups in total. The van der Waals surface area contributed by atoms with Gasteiger partial charge in [0, 0.05) is 18.4 Å². The molecule has 1 aliphatic rings. The molecule has 0 spiro atoms. The number of hydrogen-bond acceptors (Lipinski definition) is 5. The maximum atomic E-state index is 11.2. The van der Waals surface area contributed by atoms with Crippen molar-refractivity contribution in [1.82, 2.24) is 0 Å². The lowest BCUT2D eigenvalue weighted by Crippen LogP contribution is -2.40. The monoisotopic (exact) mass is 274 g/mol. The minimum Gasteiger partial charge on any atom is -0.481 e. The standard InChI is InChI=1S/C12H18O7/c1-3-5-11(17)7(2)9(10(15)16)12(18,19-11)6-4-8(13)14/h17-18H,3-6H2,1-2H3,(H,13,14)(H,15,16). The van der Waals surface area contributed by atoms with Gasteiger partial charge in [0.15, 0.2) is 5.79 Å². The summed E-state index contributed by atoms with van der Waals surface area (Å²) in [6.07, 6.45) is -0.281. The van der Waals surface area contributed by atoms with Crippen LogP contribution in [0.5, 0.6) is 0 Å². The van der Waals surface area contributed by atoms with Crippen LogP contribution in [0.1, 0.15) is 39.5 Å². The van der Waals surface area contributed by atoms with Gasteiger partial charge in [-0.2, -0.15) is 0 Å². The zero-order valence-electron chi connectivity index (χ0n) is 10.8. The average molecular weight is 274 g/mol. The quantitative estimate of drug-likeness (QED) is 0.554. The van der Waals surface area contributed by atoms with Crippen LogP contribution in [-0.4, -0.2) is 43.9 Å². The largest absolute Gasteiger partial charge is 0.481 e. The molecule has 0 saturated carbocycles. The summed E-state index contributed by atoms with van der Waals surface area (Å²) in [7, 11) is 0. The van der Waals surface area contributed by atoms with Crippen molar-refractivity contribution in [3.8, 4) is 0 Å². The lowest BCUT2D eigenvalue weighted by Gasteiger charge is -2.29. The first-order chi connectivity index (χ1) is 8.66. The Morgan fingerprint density at radius 3 is 2.16 bits per heavy atom. The predicted molar refractivity (Wildman–Crippen MR) is 63.1 cm³/mol. The SMILES string of the molecule is CCCC1(O)OC(O)(CCC(=O)O)C(C(=O)O)=C1C. The Balaban J connectivity index is 3.14. The van der Waals surface area contributed by atoms with Gasteiger partial charge in [0.25, 0.3) is 0 Å². The second-order valence-electron chi connectivity index (χ2n) is 4.62. The third-order valence-electron chi connectivity index (χ3n) is 3.17. The van der Waals surface area contributed by atoms with Gasteiger partial charge in [-0.15, -0.1) is 0 Å². The summed E-state index contributed by atoms with van der Waals surface area (Å²) in [5, 5.41) is 38.2. The Labute approximate surface area is 110 Å². The number of carboxylic acids is 2. The van der Waals surface area contributed by atoms with Crippen LogP contribution in [0.4, 0.5) is 0 Å². The number of carbonyl (C=O) groups is 2. The first-order valence-corrected chi connectivity index (χ1v) is 5.98. The highest BCUT2D eigenvalue weighted by Crippen LogP contribution is 2.44. The molecule has 0 aromatic rings. The molecule has 0 radical (unpaired) electrons. The highest BCUT2D eigenvalue weighted by Gasteiger charge is 2.54. The van der Waals surface area contributed by atoms with E-state index in [4.69, 9.17) is 14.9 Å². The van der Waals surface area contributed by atoms with Crippen LogP contribution in [-0.2, 0) is 14.3 Å². The van der Waals surface area contributed by atoms with Crippen LogP contribution in [0.15, 0.2) is 11.1 Å². The smallest absolute Gasteiger partial charge is 0.337 e. The maximum absolute atomic E-state index is 11.2. The molecule has 0 saturated heterocycles. The fourth-order valence-electron chi connectivity index (χ4n) is 2.25. The number of aliphatic hydroxyl groups is 2. The fourth-order valence-corrected chi connectivity index (χ4v) is 2.25. The lowest BCUT2D eigenvalue weighted by atomic mass is 9.95. The first kappa shape index (κ1) is 15.6. The fraction of sp³-hybridized carbons (Fsp3) is 0.667. The van der Waals surface area contributed by atoms with E-state index in [-0.39, 0.29) is 12.0 Å². The third kappa shape index (κ3) is 2.94. The molecule has 1 aliphatic heterocycles.